The monoisotopic (exact) mass is 453 g/mol. The largest absolute Gasteiger partial charge is 0.395 e. The maximum Gasteiger partial charge on any atom is 0.254 e. The van der Waals surface area contributed by atoms with E-state index in [9.17, 15) is 14.7 Å². The van der Waals surface area contributed by atoms with Gasteiger partial charge in [-0.3, -0.25) is 14.5 Å². The van der Waals surface area contributed by atoms with Crippen molar-refractivity contribution in [1.29, 1.82) is 0 Å². The molecular weight excluding hydrogens is 418 g/mol. The number of rotatable bonds is 10. The van der Waals surface area contributed by atoms with Crippen LogP contribution in [0.25, 0.3) is 0 Å². The van der Waals surface area contributed by atoms with E-state index in [0.717, 1.165) is 24.2 Å². The van der Waals surface area contributed by atoms with Crippen molar-refractivity contribution in [2.75, 3.05) is 39.3 Å². The van der Waals surface area contributed by atoms with Crippen molar-refractivity contribution in [3.63, 3.8) is 0 Å². The Bertz CT molecular complexity index is 897. The van der Waals surface area contributed by atoms with E-state index in [2.05, 4.69) is 10.2 Å². The molecule has 33 heavy (non-hydrogen) atoms. The van der Waals surface area contributed by atoms with Gasteiger partial charge in [-0.1, -0.05) is 48.5 Å². The third-order valence-corrected chi connectivity index (χ3v) is 6.18. The molecule has 0 aliphatic carbocycles. The SMILES string of the molecule is CC(=O)NC(Cc1ccccc1)C(O)CCc1ccccc1C(=O)N1CCN(CCO)CC1. The Kier molecular flexibility index (Phi) is 9.42. The van der Waals surface area contributed by atoms with Crippen molar-refractivity contribution in [2.24, 2.45) is 0 Å². The normalized spacial score (nSPS) is 16.3. The first-order valence-electron chi connectivity index (χ1n) is 11.7. The third kappa shape index (κ3) is 7.39. The number of benzene rings is 2. The fourth-order valence-corrected chi connectivity index (χ4v) is 4.35. The number of hydrogen-bond acceptors (Lipinski definition) is 5. The lowest BCUT2D eigenvalue weighted by molar-refractivity contribution is -0.120. The van der Waals surface area contributed by atoms with E-state index in [1.807, 2.05) is 59.5 Å². The molecule has 2 aromatic rings. The number of carbonyl (C=O) groups excluding carboxylic acids is 2. The Morgan fingerprint density at radius 2 is 1.67 bits per heavy atom. The van der Waals surface area contributed by atoms with Crippen molar-refractivity contribution >= 4 is 11.8 Å². The summed E-state index contributed by atoms with van der Waals surface area (Å²) in [5.41, 5.74) is 2.62. The lowest BCUT2D eigenvalue weighted by atomic mass is 9.94. The molecule has 7 nitrogen and oxygen atoms in total. The van der Waals surface area contributed by atoms with Crippen LogP contribution in [-0.4, -0.2) is 83.3 Å². The molecule has 2 unspecified atom stereocenters. The number of β-amino-alcohol motifs (C(OH)–C–C–N with tert-alkyl or cyclic N) is 1. The van der Waals surface area contributed by atoms with Crippen molar-refractivity contribution in [1.82, 2.24) is 15.1 Å². The van der Waals surface area contributed by atoms with E-state index < -0.39 is 12.1 Å². The molecule has 3 rings (SSSR count). The number of amides is 2. The zero-order valence-electron chi connectivity index (χ0n) is 19.3. The van der Waals surface area contributed by atoms with Crippen LogP contribution < -0.4 is 5.32 Å². The molecule has 7 heteroatoms. The number of piperazine rings is 1. The minimum absolute atomic E-state index is 0.00596. The van der Waals surface area contributed by atoms with Crippen LogP contribution in [0.5, 0.6) is 0 Å². The Balaban J connectivity index is 1.63. The van der Waals surface area contributed by atoms with Gasteiger partial charge in [-0.2, -0.15) is 0 Å². The smallest absolute Gasteiger partial charge is 0.254 e. The molecule has 2 amide bonds. The van der Waals surface area contributed by atoms with Crippen LogP contribution in [0.2, 0.25) is 0 Å². The minimum Gasteiger partial charge on any atom is -0.395 e. The van der Waals surface area contributed by atoms with Gasteiger partial charge in [0, 0.05) is 45.2 Å². The van der Waals surface area contributed by atoms with Gasteiger partial charge in [0.1, 0.15) is 0 Å². The Hall–Kier alpha value is -2.74. The standard InChI is InChI=1S/C26H35N3O4/c1-20(31)27-24(19-21-7-3-2-4-8-21)25(32)12-11-22-9-5-6-10-23(22)26(33)29-15-13-28(14-16-29)17-18-30/h2-10,24-25,30,32H,11-19H2,1H3,(H,27,31). The number of aryl methyl sites for hydroxylation is 1. The molecule has 0 saturated carbocycles. The first-order chi connectivity index (χ1) is 16.0. The van der Waals surface area contributed by atoms with Crippen LogP contribution in [0.3, 0.4) is 0 Å². The molecule has 3 N–H and O–H groups in total. The average Bonchev–Trinajstić information content (AvgIpc) is 2.83. The third-order valence-electron chi connectivity index (χ3n) is 6.18. The highest BCUT2D eigenvalue weighted by Gasteiger charge is 2.25. The Morgan fingerprint density at radius 3 is 2.33 bits per heavy atom. The van der Waals surface area contributed by atoms with Crippen LogP contribution in [0.15, 0.2) is 54.6 Å². The van der Waals surface area contributed by atoms with E-state index in [4.69, 9.17) is 5.11 Å². The Morgan fingerprint density at radius 1 is 1.00 bits per heavy atom. The predicted molar refractivity (Wildman–Crippen MR) is 128 cm³/mol. The maximum absolute atomic E-state index is 13.2. The molecular formula is C26H35N3O4. The molecule has 2 atom stereocenters. The zero-order valence-corrected chi connectivity index (χ0v) is 19.3. The van der Waals surface area contributed by atoms with Gasteiger partial charge in [-0.25, -0.2) is 0 Å². The summed E-state index contributed by atoms with van der Waals surface area (Å²) in [4.78, 5) is 28.9. The summed E-state index contributed by atoms with van der Waals surface area (Å²) in [5, 5.41) is 22.9. The van der Waals surface area contributed by atoms with Crippen LogP contribution in [-0.2, 0) is 17.6 Å². The summed E-state index contributed by atoms with van der Waals surface area (Å²) in [7, 11) is 0. The summed E-state index contributed by atoms with van der Waals surface area (Å²) in [6.45, 7) is 5.00. The summed E-state index contributed by atoms with van der Waals surface area (Å²) < 4.78 is 0. The number of aliphatic hydroxyl groups is 2. The molecule has 1 aliphatic rings. The van der Waals surface area contributed by atoms with Gasteiger partial charge in [-0.05, 0) is 36.5 Å². The molecule has 1 aliphatic heterocycles. The molecule has 1 heterocycles. The summed E-state index contributed by atoms with van der Waals surface area (Å²) in [6, 6.07) is 17.0. The van der Waals surface area contributed by atoms with Gasteiger partial charge >= 0.3 is 0 Å². The number of hydrogen-bond donors (Lipinski definition) is 3. The maximum atomic E-state index is 13.2. The first kappa shape index (κ1) is 24.9. The van der Waals surface area contributed by atoms with Gasteiger partial charge in [-0.15, -0.1) is 0 Å². The lowest BCUT2D eigenvalue weighted by Crippen LogP contribution is -2.49. The predicted octanol–water partition coefficient (Wildman–Crippen LogP) is 1.48. The quantitative estimate of drug-likeness (QED) is 0.507. The number of aliphatic hydroxyl groups excluding tert-OH is 2. The van der Waals surface area contributed by atoms with Crippen molar-refractivity contribution in [3.8, 4) is 0 Å². The molecule has 178 valence electrons. The van der Waals surface area contributed by atoms with Gasteiger partial charge < -0.3 is 20.4 Å². The zero-order chi connectivity index (χ0) is 23.6. The second-order valence-electron chi connectivity index (χ2n) is 8.62. The second-order valence-corrected chi connectivity index (χ2v) is 8.62. The lowest BCUT2D eigenvalue weighted by Gasteiger charge is -2.34. The Labute approximate surface area is 196 Å². The van der Waals surface area contributed by atoms with Crippen molar-refractivity contribution < 1.29 is 19.8 Å². The summed E-state index contributed by atoms with van der Waals surface area (Å²) in [5.74, 6) is -0.169. The summed E-state index contributed by atoms with van der Waals surface area (Å²) >= 11 is 0. The van der Waals surface area contributed by atoms with E-state index >= 15 is 0 Å². The summed E-state index contributed by atoms with van der Waals surface area (Å²) in [6.07, 6.45) is 0.782. The van der Waals surface area contributed by atoms with Gasteiger partial charge in [0.15, 0.2) is 0 Å². The highest BCUT2D eigenvalue weighted by atomic mass is 16.3. The fraction of sp³-hybridized carbons (Fsp3) is 0.462. The van der Waals surface area contributed by atoms with Crippen LogP contribution in [0.4, 0.5) is 0 Å². The minimum atomic E-state index is -0.737. The molecule has 0 spiro atoms. The molecule has 1 fully saturated rings. The average molecular weight is 454 g/mol. The molecule has 1 saturated heterocycles. The van der Waals surface area contributed by atoms with Gasteiger partial charge in [0.05, 0.1) is 18.8 Å². The van der Waals surface area contributed by atoms with Crippen LogP contribution in [0, 0.1) is 0 Å². The topological polar surface area (TPSA) is 93.1 Å². The number of carbonyl (C=O) groups is 2. The van der Waals surface area contributed by atoms with Crippen LogP contribution in [0.1, 0.15) is 34.8 Å². The molecule has 0 bridgehead atoms. The molecule has 2 aromatic carbocycles. The van der Waals surface area contributed by atoms with Gasteiger partial charge in [0.2, 0.25) is 5.91 Å². The van der Waals surface area contributed by atoms with E-state index in [1.165, 1.54) is 6.92 Å². The fourth-order valence-electron chi connectivity index (χ4n) is 4.35. The van der Waals surface area contributed by atoms with E-state index in [-0.39, 0.29) is 18.4 Å². The van der Waals surface area contributed by atoms with Gasteiger partial charge in [0.25, 0.3) is 5.91 Å². The number of nitrogens with zero attached hydrogens (tertiary/aromatic N) is 2. The highest BCUT2D eigenvalue weighted by Crippen LogP contribution is 2.18. The highest BCUT2D eigenvalue weighted by molar-refractivity contribution is 5.95. The van der Waals surface area contributed by atoms with E-state index in [1.54, 1.807) is 0 Å². The molecule has 0 aromatic heterocycles. The van der Waals surface area contributed by atoms with Crippen molar-refractivity contribution in [3.05, 3.63) is 71.3 Å². The van der Waals surface area contributed by atoms with E-state index in [0.29, 0.717) is 44.5 Å². The first-order valence-corrected chi connectivity index (χ1v) is 11.7. The number of nitrogens with one attached hydrogen (secondary N) is 1. The molecule has 0 radical (unpaired) electrons. The second kappa shape index (κ2) is 12.5. The van der Waals surface area contributed by atoms with Crippen LogP contribution >= 0.6 is 0 Å². The van der Waals surface area contributed by atoms with Crippen molar-refractivity contribution in [2.45, 2.75) is 38.3 Å².